The van der Waals surface area contributed by atoms with Crippen LogP contribution in [-0.4, -0.2) is 57.0 Å². The largest absolute Gasteiger partial charge is 0.469 e. The minimum Gasteiger partial charge on any atom is -0.469 e. The molecular weight excluding hydrogens is 248 g/mol. The highest BCUT2D eigenvalue weighted by Gasteiger charge is 2.29. The van der Waals surface area contributed by atoms with E-state index in [-0.39, 0.29) is 13.0 Å². The number of hydrogen-bond donors (Lipinski definition) is 0. The number of methoxy groups -OCH3 is 1. The Balaban J connectivity index is 2.53. The van der Waals surface area contributed by atoms with Crippen molar-refractivity contribution < 1.29 is 22.8 Å². The van der Waals surface area contributed by atoms with E-state index in [4.69, 9.17) is 4.84 Å². The van der Waals surface area contributed by atoms with Gasteiger partial charge in [-0.3, -0.25) is 9.63 Å². The zero-order valence-electron chi connectivity index (χ0n) is 10.1. The van der Waals surface area contributed by atoms with Crippen molar-refractivity contribution in [1.82, 2.24) is 8.77 Å². The van der Waals surface area contributed by atoms with Gasteiger partial charge in [-0.1, -0.05) is 4.47 Å². The fourth-order valence-electron chi connectivity index (χ4n) is 1.38. The van der Waals surface area contributed by atoms with Crippen LogP contribution < -0.4 is 0 Å². The molecule has 1 aliphatic rings. The highest BCUT2D eigenvalue weighted by molar-refractivity contribution is 7.86. The van der Waals surface area contributed by atoms with Gasteiger partial charge in [0.2, 0.25) is 0 Å². The number of rotatable bonds is 5. The molecule has 0 aliphatic carbocycles. The van der Waals surface area contributed by atoms with Gasteiger partial charge in [0.25, 0.3) is 0 Å². The van der Waals surface area contributed by atoms with Crippen LogP contribution >= 0.6 is 0 Å². The Morgan fingerprint density at radius 1 is 1.47 bits per heavy atom. The number of carbonyl (C=O) groups excluding carboxylic acids is 1. The van der Waals surface area contributed by atoms with Crippen LogP contribution in [0.15, 0.2) is 0 Å². The smallest absolute Gasteiger partial charge is 0.306 e. The van der Waals surface area contributed by atoms with Gasteiger partial charge in [0, 0.05) is 20.1 Å². The number of ether oxygens (including phenoxy) is 1. The quantitative estimate of drug-likeness (QED) is 0.642. The first-order valence-corrected chi connectivity index (χ1v) is 6.82. The zero-order valence-corrected chi connectivity index (χ0v) is 10.9. The molecule has 0 saturated carbocycles. The molecule has 1 saturated heterocycles. The standard InChI is InChI=1S/C9H18N2O5S/c1-10(7-5-9(12)15-2)17(13,14)11-6-3-4-8-16-11/h3-8H2,1-2H3. The van der Waals surface area contributed by atoms with Crippen molar-refractivity contribution in [3.8, 4) is 0 Å². The Hall–Kier alpha value is -0.700. The van der Waals surface area contributed by atoms with Gasteiger partial charge in [-0.15, -0.1) is 0 Å². The second kappa shape index (κ2) is 6.29. The summed E-state index contributed by atoms with van der Waals surface area (Å²) in [7, 11) is -0.948. The Labute approximate surface area is 101 Å². The van der Waals surface area contributed by atoms with Crippen LogP contribution in [0.3, 0.4) is 0 Å². The maximum absolute atomic E-state index is 12.0. The molecule has 0 amide bonds. The van der Waals surface area contributed by atoms with Crippen LogP contribution in [0.2, 0.25) is 0 Å². The average Bonchev–Trinajstić information content (AvgIpc) is 2.36. The highest BCUT2D eigenvalue weighted by Crippen LogP contribution is 2.14. The number of hydrogen-bond acceptors (Lipinski definition) is 5. The molecule has 1 rings (SSSR count). The van der Waals surface area contributed by atoms with E-state index in [1.807, 2.05) is 0 Å². The van der Waals surface area contributed by atoms with Crippen molar-refractivity contribution in [1.29, 1.82) is 0 Å². The monoisotopic (exact) mass is 266 g/mol. The van der Waals surface area contributed by atoms with E-state index in [2.05, 4.69) is 4.74 Å². The number of nitrogens with zero attached hydrogens (tertiary/aromatic N) is 2. The molecule has 100 valence electrons. The van der Waals surface area contributed by atoms with Gasteiger partial charge in [-0.05, 0) is 12.8 Å². The fourth-order valence-corrected chi connectivity index (χ4v) is 2.58. The third-order valence-corrected chi connectivity index (χ3v) is 4.25. The zero-order chi connectivity index (χ0) is 12.9. The molecule has 17 heavy (non-hydrogen) atoms. The maximum atomic E-state index is 12.0. The summed E-state index contributed by atoms with van der Waals surface area (Å²) < 4.78 is 30.4. The Morgan fingerprint density at radius 3 is 2.71 bits per heavy atom. The fraction of sp³-hybridized carbons (Fsp3) is 0.889. The molecule has 0 spiro atoms. The molecule has 8 heteroatoms. The van der Waals surface area contributed by atoms with Crippen molar-refractivity contribution in [2.45, 2.75) is 19.3 Å². The third-order valence-electron chi connectivity index (χ3n) is 2.48. The summed E-state index contributed by atoms with van der Waals surface area (Å²) in [5, 5.41) is 0. The maximum Gasteiger partial charge on any atom is 0.306 e. The van der Waals surface area contributed by atoms with Crippen molar-refractivity contribution in [3.05, 3.63) is 0 Å². The number of hydroxylamine groups is 1. The van der Waals surface area contributed by atoms with E-state index in [1.165, 1.54) is 14.2 Å². The summed E-state index contributed by atoms with van der Waals surface area (Å²) in [4.78, 5) is 16.0. The first-order valence-electron chi connectivity index (χ1n) is 5.42. The van der Waals surface area contributed by atoms with E-state index in [0.717, 1.165) is 21.6 Å². The Bertz CT molecular complexity index is 350. The summed E-state index contributed by atoms with van der Waals surface area (Å²) in [5.74, 6) is -0.438. The second-order valence-corrected chi connectivity index (χ2v) is 5.65. The van der Waals surface area contributed by atoms with Crippen LogP contribution in [0.25, 0.3) is 0 Å². The topological polar surface area (TPSA) is 76.2 Å². The average molecular weight is 266 g/mol. The van der Waals surface area contributed by atoms with Crippen LogP contribution in [0.1, 0.15) is 19.3 Å². The van der Waals surface area contributed by atoms with Gasteiger partial charge in [-0.2, -0.15) is 12.7 Å². The van der Waals surface area contributed by atoms with Crippen LogP contribution in [0, 0.1) is 0 Å². The molecule has 0 aromatic carbocycles. The van der Waals surface area contributed by atoms with E-state index < -0.39 is 16.2 Å². The van der Waals surface area contributed by atoms with E-state index in [9.17, 15) is 13.2 Å². The summed E-state index contributed by atoms with van der Waals surface area (Å²) in [6, 6.07) is 0. The molecule has 0 aromatic heterocycles. The minimum absolute atomic E-state index is 0.0278. The van der Waals surface area contributed by atoms with Gasteiger partial charge in [0.05, 0.1) is 20.1 Å². The van der Waals surface area contributed by atoms with E-state index >= 15 is 0 Å². The van der Waals surface area contributed by atoms with Crippen LogP contribution in [0.5, 0.6) is 0 Å². The lowest BCUT2D eigenvalue weighted by atomic mass is 10.3. The third kappa shape index (κ3) is 3.91. The normalized spacial score (nSPS) is 18.3. The highest BCUT2D eigenvalue weighted by atomic mass is 32.2. The van der Waals surface area contributed by atoms with Crippen LogP contribution in [0.4, 0.5) is 0 Å². The van der Waals surface area contributed by atoms with E-state index in [0.29, 0.717) is 13.2 Å². The Kier molecular flexibility index (Phi) is 5.31. The molecule has 0 bridgehead atoms. The molecule has 0 aromatic rings. The molecule has 1 fully saturated rings. The van der Waals surface area contributed by atoms with Crippen LogP contribution in [-0.2, 0) is 24.6 Å². The lowest BCUT2D eigenvalue weighted by Gasteiger charge is -2.29. The Morgan fingerprint density at radius 2 is 2.18 bits per heavy atom. The first kappa shape index (κ1) is 14.4. The summed E-state index contributed by atoms with van der Waals surface area (Å²) >= 11 is 0. The lowest BCUT2D eigenvalue weighted by Crippen LogP contribution is -2.44. The molecule has 0 radical (unpaired) electrons. The minimum atomic E-state index is -3.63. The second-order valence-electron chi connectivity index (χ2n) is 3.72. The van der Waals surface area contributed by atoms with Gasteiger partial charge in [-0.25, -0.2) is 0 Å². The molecule has 1 heterocycles. The lowest BCUT2D eigenvalue weighted by molar-refractivity contribution is -0.140. The van der Waals surface area contributed by atoms with E-state index in [1.54, 1.807) is 0 Å². The van der Waals surface area contributed by atoms with Gasteiger partial charge >= 0.3 is 16.2 Å². The van der Waals surface area contributed by atoms with Gasteiger partial charge in [0.1, 0.15) is 0 Å². The van der Waals surface area contributed by atoms with Gasteiger partial charge < -0.3 is 4.74 Å². The predicted octanol–water partition coefficient (Wildman–Crippen LogP) is -0.246. The molecular formula is C9H18N2O5S. The molecule has 7 nitrogen and oxygen atoms in total. The summed E-state index contributed by atoms with van der Waals surface area (Å²) in [6.07, 6.45) is 1.67. The molecule has 0 atom stereocenters. The summed E-state index contributed by atoms with van der Waals surface area (Å²) in [5.41, 5.74) is 0. The van der Waals surface area contributed by atoms with Gasteiger partial charge in [0.15, 0.2) is 0 Å². The molecule has 0 N–H and O–H groups in total. The van der Waals surface area contributed by atoms with Crippen molar-refractivity contribution in [2.75, 3.05) is 33.9 Å². The SMILES string of the molecule is COC(=O)CCN(C)S(=O)(=O)N1CCCCO1. The van der Waals surface area contributed by atoms with Crippen molar-refractivity contribution in [3.63, 3.8) is 0 Å². The summed E-state index contributed by atoms with van der Waals surface area (Å²) in [6.45, 7) is 0.837. The first-order chi connectivity index (χ1) is 7.98. The predicted molar refractivity (Wildman–Crippen MR) is 60.1 cm³/mol. The molecule has 1 aliphatic heterocycles. The van der Waals surface area contributed by atoms with Crippen molar-refractivity contribution >= 4 is 16.2 Å². The number of carbonyl (C=O) groups is 1. The number of esters is 1. The van der Waals surface area contributed by atoms with Crippen molar-refractivity contribution in [2.24, 2.45) is 0 Å². The molecule has 0 unspecified atom stereocenters.